The number of rotatable bonds is 4. The van der Waals surface area contributed by atoms with Gasteiger partial charge in [-0.2, -0.15) is 0 Å². The van der Waals surface area contributed by atoms with Gasteiger partial charge in [-0.3, -0.25) is 4.98 Å². The van der Waals surface area contributed by atoms with Gasteiger partial charge in [0, 0.05) is 20.4 Å². The lowest BCUT2D eigenvalue weighted by atomic mass is 10.3. The molecule has 0 unspecified atom stereocenters. The molecule has 0 aliphatic heterocycles. The summed E-state index contributed by atoms with van der Waals surface area (Å²) in [7, 11) is 3.44. The monoisotopic (exact) mass is 390 g/mol. The molecule has 0 atom stereocenters. The molecule has 0 saturated heterocycles. The first-order chi connectivity index (χ1) is 9.17. The lowest BCUT2D eigenvalue weighted by Gasteiger charge is -2.10. The summed E-state index contributed by atoms with van der Waals surface area (Å²) < 4.78 is 6.08. The van der Waals surface area contributed by atoms with E-state index in [1.807, 2.05) is 7.05 Å². The smallest absolute Gasteiger partial charge is 0.182 e. The maximum Gasteiger partial charge on any atom is 0.182 e. The van der Waals surface area contributed by atoms with E-state index in [0.717, 1.165) is 15.1 Å². The van der Waals surface area contributed by atoms with E-state index in [9.17, 15) is 0 Å². The second-order valence-corrected chi connectivity index (χ2v) is 5.16. The van der Waals surface area contributed by atoms with Gasteiger partial charge in [-0.25, -0.2) is 9.97 Å². The standard InChI is InChI=1S/C12H12ClIN4O/c1-15-11-9(14)8(6-19-2)17-12(18-11)10-7(13)4-3-5-16-10/h3-5H,6H2,1-2H3,(H,15,17,18). The van der Waals surface area contributed by atoms with Crippen LogP contribution in [0.25, 0.3) is 11.5 Å². The lowest BCUT2D eigenvalue weighted by Crippen LogP contribution is -2.07. The van der Waals surface area contributed by atoms with Crippen molar-refractivity contribution in [3.63, 3.8) is 0 Å². The SMILES string of the molecule is CNc1nc(-c2ncccc2Cl)nc(COC)c1I. The predicted molar refractivity (Wildman–Crippen MR) is 83.2 cm³/mol. The van der Waals surface area contributed by atoms with Crippen LogP contribution in [0.5, 0.6) is 0 Å². The van der Waals surface area contributed by atoms with Crippen LogP contribution < -0.4 is 5.32 Å². The predicted octanol–water partition coefficient (Wildman–Crippen LogP) is 2.98. The highest BCUT2D eigenvalue weighted by Crippen LogP contribution is 2.27. The molecule has 0 aliphatic carbocycles. The number of aromatic nitrogens is 3. The third-order valence-electron chi connectivity index (χ3n) is 2.41. The maximum absolute atomic E-state index is 6.13. The minimum absolute atomic E-state index is 0.410. The molecule has 2 aromatic heterocycles. The second-order valence-electron chi connectivity index (χ2n) is 3.67. The number of hydrogen-bond acceptors (Lipinski definition) is 5. The second kappa shape index (κ2) is 6.44. The van der Waals surface area contributed by atoms with Gasteiger partial charge in [-0.15, -0.1) is 0 Å². The summed E-state index contributed by atoms with van der Waals surface area (Å²) in [6.45, 7) is 0.410. The molecule has 7 heteroatoms. The van der Waals surface area contributed by atoms with Crippen molar-refractivity contribution in [2.45, 2.75) is 6.61 Å². The van der Waals surface area contributed by atoms with Crippen LogP contribution in [0.3, 0.4) is 0 Å². The van der Waals surface area contributed by atoms with Gasteiger partial charge in [0.2, 0.25) is 0 Å². The van der Waals surface area contributed by atoms with Crippen molar-refractivity contribution in [1.82, 2.24) is 15.0 Å². The highest BCUT2D eigenvalue weighted by atomic mass is 127. The third kappa shape index (κ3) is 3.13. The van der Waals surface area contributed by atoms with Crippen molar-refractivity contribution in [1.29, 1.82) is 0 Å². The summed E-state index contributed by atoms with van der Waals surface area (Å²) in [5.41, 5.74) is 1.37. The molecule has 0 saturated carbocycles. The number of nitrogens with one attached hydrogen (secondary N) is 1. The molecule has 0 fully saturated rings. The Morgan fingerprint density at radius 3 is 2.84 bits per heavy atom. The fourth-order valence-electron chi connectivity index (χ4n) is 1.55. The van der Waals surface area contributed by atoms with Crippen molar-refractivity contribution in [2.24, 2.45) is 0 Å². The fraction of sp³-hybridized carbons (Fsp3) is 0.250. The van der Waals surface area contributed by atoms with E-state index in [0.29, 0.717) is 23.1 Å². The summed E-state index contributed by atoms with van der Waals surface area (Å²) in [5.74, 6) is 1.22. The molecule has 1 N–H and O–H groups in total. The van der Waals surface area contributed by atoms with Crippen molar-refractivity contribution >= 4 is 40.0 Å². The van der Waals surface area contributed by atoms with Gasteiger partial charge in [0.05, 0.1) is 20.9 Å². The molecule has 5 nitrogen and oxygen atoms in total. The maximum atomic E-state index is 6.13. The van der Waals surface area contributed by atoms with E-state index in [1.54, 1.807) is 25.4 Å². The molecule has 19 heavy (non-hydrogen) atoms. The Balaban J connectivity index is 2.58. The summed E-state index contributed by atoms with van der Waals surface area (Å²) in [6.07, 6.45) is 1.66. The fourth-order valence-corrected chi connectivity index (χ4v) is 2.42. The molecule has 0 radical (unpaired) electrons. The number of ether oxygens (including phenoxy) is 1. The van der Waals surface area contributed by atoms with Gasteiger partial charge >= 0.3 is 0 Å². The minimum Gasteiger partial charge on any atom is -0.378 e. The van der Waals surface area contributed by atoms with Crippen molar-refractivity contribution in [3.05, 3.63) is 32.6 Å². The quantitative estimate of drug-likeness (QED) is 0.813. The Kier molecular flexibility index (Phi) is 4.89. The van der Waals surface area contributed by atoms with E-state index < -0.39 is 0 Å². The molecule has 100 valence electrons. The van der Waals surface area contributed by atoms with Gasteiger partial charge in [0.15, 0.2) is 5.82 Å². The number of pyridine rings is 1. The van der Waals surface area contributed by atoms with Crippen LogP contribution in [0.4, 0.5) is 5.82 Å². The number of halogens is 2. The molecule has 2 rings (SSSR count). The van der Waals surface area contributed by atoms with Crippen LogP contribution in [0.2, 0.25) is 5.02 Å². The Morgan fingerprint density at radius 1 is 1.42 bits per heavy atom. The number of nitrogens with zero attached hydrogens (tertiary/aromatic N) is 3. The molecular weight excluding hydrogens is 379 g/mol. The first-order valence-corrected chi connectivity index (χ1v) is 6.97. The van der Waals surface area contributed by atoms with Crippen molar-refractivity contribution in [2.75, 3.05) is 19.5 Å². The average Bonchev–Trinajstić information content (AvgIpc) is 2.42. The van der Waals surface area contributed by atoms with Crippen molar-refractivity contribution < 1.29 is 4.74 Å². The average molecular weight is 391 g/mol. The number of hydrogen-bond donors (Lipinski definition) is 1. The van der Waals surface area contributed by atoms with Gasteiger partial charge in [0.25, 0.3) is 0 Å². The number of anilines is 1. The zero-order chi connectivity index (χ0) is 13.8. The van der Waals surface area contributed by atoms with Crippen LogP contribution in [-0.4, -0.2) is 29.1 Å². The van der Waals surface area contributed by atoms with Gasteiger partial charge in [0.1, 0.15) is 11.5 Å². The zero-order valence-corrected chi connectivity index (χ0v) is 13.4. The minimum atomic E-state index is 0.410. The largest absolute Gasteiger partial charge is 0.378 e. The molecule has 0 aromatic carbocycles. The van der Waals surface area contributed by atoms with Gasteiger partial charge < -0.3 is 10.1 Å². The molecule has 0 spiro atoms. The van der Waals surface area contributed by atoms with E-state index in [2.05, 4.69) is 42.9 Å². The van der Waals surface area contributed by atoms with Crippen molar-refractivity contribution in [3.8, 4) is 11.5 Å². The summed E-state index contributed by atoms with van der Waals surface area (Å²) in [5, 5.41) is 3.56. The van der Waals surface area contributed by atoms with Gasteiger partial charge in [-0.05, 0) is 34.7 Å². The normalized spacial score (nSPS) is 10.5. The molecule has 0 amide bonds. The zero-order valence-electron chi connectivity index (χ0n) is 10.4. The van der Waals surface area contributed by atoms with E-state index in [-0.39, 0.29) is 0 Å². The molecular formula is C12H12ClIN4O. The highest BCUT2D eigenvalue weighted by Gasteiger charge is 2.15. The van der Waals surface area contributed by atoms with E-state index >= 15 is 0 Å². The van der Waals surface area contributed by atoms with Crippen LogP contribution in [-0.2, 0) is 11.3 Å². The Morgan fingerprint density at radius 2 is 2.21 bits per heavy atom. The van der Waals surface area contributed by atoms with Crippen LogP contribution in [0.1, 0.15) is 5.69 Å². The molecule has 0 aliphatic rings. The topological polar surface area (TPSA) is 59.9 Å². The van der Waals surface area contributed by atoms with Gasteiger partial charge in [-0.1, -0.05) is 11.6 Å². The summed E-state index contributed by atoms with van der Waals surface area (Å²) >= 11 is 8.32. The summed E-state index contributed by atoms with van der Waals surface area (Å²) in [6, 6.07) is 3.54. The first-order valence-electron chi connectivity index (χ1n) is 5.51. The molecule has 2 aromatic rings. The molecule has 0 bridgehead atoms. The lowest BCUT2D eigenvalue weighted by molar-refractivity contribution is 0.181. The van der Waals surface area contributed by atoms with Crippen LogP contribution in [0, 0.1) is 3.57 Å². The van der Waals surface area contributed by atoms with E-state index in [1.165, 1.54) is 0 Å². The van der Waals surface area contributed by atoms with Crippen LogP contribution in [0.15, 0.2) is 18.3 Å². The number of methoxy groups -OCH3 is 1. The summed E-state index contributed by atoms with van der Waals surface area (Å²) in [4.78, 5) is 13.1. The van der Waals surface area contributed by atoms with Crippen LogP contribution >= 0.6 is 34.2 Å². The van der Waals surface area contributed by atoms with E-state index in [4.69, 9.17) is 16.3 Å². The Bertz CT molecular complexity index is 594. The first kappa shape index (κ1) is 14.4. The third-order valence-corrected chi connectivity index (χ3v) is 3.85. The Labute approximate surface area is 129 Å². The highest BCUT2D eigenvalue weighted by molar-refractivity contribution is 14.1. The Hall–Kier alpha value is -0.990. The molecule has 2 heterocycles.